The van der Waals surface area contributed by atoms with Gasteiger partial charge in [-0.3, -0.25) is 4.79 Å². The molecule has 0 radical (unpaired) electrons. The normalized spacial score (nSPS) is 11.5. The zero-order valence-electron chi connectivity index (χ0n) is 13.7. The highest BCUT2D eigenvalue weighted by Crippen LogP contribution is 2.07. The highest BCUT2D eigenvalue weighted by atomic mass is 127. The van der Waals surface area contributed by atoms with Crippen LogP contribution in [0.25, 0.3) is 0 Å². The lowest BCUT2D eigenvalue weighted by Crippen LogP contribution is -2.43. The maximum Gasteiger partial charge on any atom is 0.242 e. The minimum absolute atomic E-state index is 0. The van der Waals surface area contributed by atoms with Crippen LogP contribution in [0.5, 0.6) is 0 Å². The molecule has 0 saturated heterocycles. The lowest BCUT2D eigenvalue weighted by Gasteiger charge is -2.20. The van der Waals surface area contributed by atoms with Crippen LogP contribution in [0.15, 0.2) is 22.5 Å². The molecule has 0 unspecified atom stereocenters. The van der Waals surface area contributed by atoms with Gasteiger partial charge in [0, 0.05) is 23.5 Å². The van der Waals surface area contributed by atoms with Gasteiger partial charge in [-0.25, -0.2) is 4.99 Å². The van der Waals surface area contributed by atoms with E-state index < -0.39 is 0 Å². The van der Waals surface area contributed by atoms with Gasteiger partial charge in [0.15, 0.2) is 5.96 Å². The first-order chi connectivity index (χ1) is 9.90. The van der Waals surface area contributed by atoms with Crippen LogP contribution in [-0.4, -0.2) is 37.0 Å². The molecule has 3 N–H and O–H groups in total. The third-order valence-electron chi connectivity index (χ3n) is 2.48. The first-order valence-corrected chi connectivity index (χ1v) is 8.14. The van der Waals surface area contributed by atoms with Gasteiger partial charge in [-0.15, -0.1) is 35.3 Å². The lowest BCUT2D eigenvalue weighted by atomic mass is 10.1. The molecule has 0 saturated carbocycles. The molecule has 0 aliphatic carbocycles. The van der Waals surface area contributed by atoms with Gasteiger partial charge in [0.05, 0.1) is 0 Å². The molecule has 0 aliphatic rings. The average molecular weight is 438 g/mol. The predicted octanol–water partition coefficient (Wildman–Crippen LogP) is 2.38. The number of hydrogen-bond acceptors (Lipinski definition) is 3. The van der Waals surface area contributed by atoms with Crippen molar-refractivity contribution >= 4 is 47.2 Å². The van der Waals surface area contributed by atoms with Gasteiger partial charge < -0.3 is 16.0 Å². The molecule has 1 amide bonds. The van der Waals surface area contributed by atoms with E-state index in [2.05, 4.69) is 38.5 Å². The molecule has 7 heteroatoms. The van der Waals surface area contributed by atoms with E-state index in [9.17, 15) is 4.79 Å². The molecule has 22 heavy (non-hydrogen) atoms. The van der Waals surface area contributed by atoms with E-state index in [4.69, 9.17) is 0 Å². The lowest BCUT2D eigenvalue weighted by molar-refractivity contribution is -0.121. The molecule has 1 aromatic rings. The number of halogens is 1. The molecule has 0 fully saturated rings. The number of amides is 1. The summed E-state index contributed by atoms with van der Waals surface area (Å²) in [6, 6.07) is 4.17. The maximum atomic E-state index is 11.8. The first-order valence-electron chi connectivity index (χ1n) is 7.26. The Morgan fingerprint density at radius 2 is 2.05 bits per heavy atom. The summed E-state index contributed by atoms with van der Waals surface area (Å²) in [4.78, 5) is 17.4. The Morgan fingerprint density at radius 3 is 2.59 bits per heavy atom. The predicted molar refractivity (Wildman–Crippen MR) is 105 cm³/mol. The number of carbonyl (C=O) groups excluding carboxylic acids is 1. The summed E-state index contributed by atoms with van der Waals surface area (Å²) >= 11 is 1.75. The maximum absolute atomic E-state index is 11.8. The standard InChI is InChI=1S/C15H26N4OS.HI/c1-5-16-14(17-9-8-12-7-6-10-21-12)18-11-13(20)19-15(2,3)4;/h6-7,10H,5,8-9,11H2,1-4H3,(H,19,20)(H2,16,17,18);1H. The van der Waals surface area contributed by atoms with Crippen molar-refractivity contribution in [2.45, 2.75) is 39.7 Å². The monoisotopic (exact) mass is 438 g/mol. The second-order valence-corrected chi connectivity index (χ2v) is 6.78. The molecule has 1 aromatic heterocycles. The summed E-state index contributed by atoms with van der Waals surface area (Å²) in [6.07, 6.45) is 0.955. The Bertz CT molecular complexity index is 455. The quantitative estimate of drug-likeness (QED) is 0.363. The highest BCUT2D eigenvalue weighted by molar-refractivity contribution is 14.0. The molecule has 0 aromatic carbocycles. The third-order valence-corrected chi connectivity index (χ3v) is 3.42. The number of aliphatic imine (C=N–C) groups is 1. The number of nitrogens with one attached hydrogen (secondary N) is 3. The summed E-state index contributed by atoms with van der Waals surface area (Å²) in [5.41, 5.74) is -0.225. The molecule has 0 spiro atoms. The number of rotatable bonds is 6. The van der Waals surface area contributed by atoms with E-state index in [0.29, 0.717) is 5.96 Å². The second-order valence-electron chi connectivity index (χ2n) is 5.75. The number of guanidine groups is 1. The van der Waals surface area contributed by atoms with Crippen molar-refractivity contribution in [1.82, 2.24) is 16.0 Å². The Hall–Kier alpha value is -0.830. The Balaban J connectivity index is 0.00000441. The Kier molecular flexibility index (Phi) is 10.4. The zero-order chi connectivity index (χ0) is 15.7. The third kappa shape index (κ3) is 9.99. The fourth-order valence-electron chi connectivity index (χ4n) is 1.71. The minimum Gasteiger partial charge on any atom is -0.357 e. The van der Waals surface area contributed by atoms with Crippen LogP contribution >= 0.6 is 35.3 Å². The van der Waals surface area contributed by atoms with Crippen LogP contribution in [-0.2, 0) is 11.2 Å². The molecule has 1 rings (SSSR count). The Morgan fingerprint density at radius 1 is 1.32 bits per heavy atom. The van der Waals surface area contributed by atoms with Crippen LogP contribution in [0.4, 0.5) is 0 Å². The number of hydrogen-bond donors (Lipinski definition) is 3. The van der Waals surface area contributed by atoms with Crippen molar-refractivity contribution in [3.05, 3.63) is 22.4 Å². The van der Waals surface area contributed by atoms with E-state index in [1.165, 1.54) is 4.88 Å². The van der Waals surface area contributed by atoms with Gasteiger partial charge in [0.1, 0.15) is 6.54 Å². The molecular formula is C15H27IN4OS. The fraction of sp³-hybridized carbons (Fsp3) is 0.600. The smallest absolute Gasteiger partial charge is 0.242 e. The molecule has 1 heterocycles. The van der Waals surface area contributed by atoms with E-state index >= 15 is 0 Å². The van der Waals surface area contributed by atoms with Crippen molar-refractivity contribution in [3.63, 3.8) is 0 Å². The van der Waals surface area contributed by atoms with E-state index in [0.717, 1.165) is 19.5 Å². The molecule has 0 atom stereocenters. The summed E-state index contributed by atoms with van der Waals surface area (Å²) in [5.74, 6) is 0.607. The number of thiophene rings is 1. The van der Waals surface area contributed by atoms with Crippen LogP contribution in [0.2, 0.25) is 0 Å². The van der Waals surface area contributed by atoms with Gasteiger partial charge in [0.2, 0.25) is 5.91 Å². The second kappa shape index (κ2) is 10.8. The minimum atomic E-state index is -0.225. The molecular weight excluding hydrogens is 411 g/mol. The van der Waals surface area contributed by atoms with Crippen molar-refractivity contribution in [1.29, 1.82) is 0 Å². The zero-order valence-corrected chi connectivity index (χ0v) is 16.9. The van der Waals surface area contributed by atoms with Gasteiger partial charge in [0.25, 0.3) is 0 Å². The number of nitrogens with zero attached hydrogens (tertiary/aromatic N) is 1. The van der Waals surface area contributed by atoms with E-state index in [-0.39, 0.29) is 42.0 Å². The van der Waals surface area contributed by atoms with Crippen LogP contribution < -0.4 is 16.0 Å². The van der Waals surface area contributed by atoms with Gasteiger partial charge in [-0.1, -0.05) is 6.07 Å². The highest BCUT2D eigenvalue weighted by Gasteiger charge is 2.13. The van der Waals surface area contributed by atoms with E-state index in [1.54, 1.807) is 11.3 Å². The summed E-state index contributed by atoms with van der Waals surface area (Å²) < 4.78 is 0. The topological polar surface area (TPSA) is 65.5 Å². The van der Waals surface area contributed by atoms with Gasteiger partial charge >= 0.3 is 0 Å². The fourth-order valence-corrected chi connectivity index (χ4v) is 2.42. The van der Waals surface area contributed by atoms with Crippen LogP contribution in [0, 0.1) is 0 Å². The molecule has 0 aliphatic heterocycles. The SMILES string of the molecule is CCNC(=NCC(=O)NC(C)(C)C)NCCc1cccs1.I. The largest absolute Gasteiger partial charge is 0.357 e. The van der Waals surface area contributed by atoms with Crippen molar-refractivity contribution in [2.24, 2.45) is 4.99 Å². The van der Waals surface area contributed by atoms with Gasteiger partial charge in [-0.2, -0.15) is 0 Å². The van der Waals surface area contributed by atoms with Gasteiger partial charge in [-0.05, 0) is 45.6 Å². The van der Waals surface area contributed by atoms with Crippen molar-refractivity contribution < 1.29 is 4.79 Å². The Labute approximate surface area is 154 Å². The van der Waals surface area contributed by atoms with Crippen LogP contribution in [0.3, 0.4) is 0 Å². The summed E-state index contributed by atoms with van der Waals surface area (Å²) in [5, 5.41) is 11.4. The molecule has 126 valence electrons. The van der Waals surface area contributed by atoms with Crippen molar-refractivity contribution in [2.75, 3.05) is 19.6 Å². The van der Waals surface area contributed by atoms with E-state index in [1.807, 2.05) is 27.7 Å². The summed E-state index contributed by atoms with van der Waals surface area (Å²) in [7, 11) is 0. The first kappa shape index (κ1) is 21.2. The molecule has 0 bridgehead atoms. The number of carbonyl (C=O) groups is 1. The molecule has 5 nitrogen and oxygen atoms in total. The average Bonchev–Trinajstić information content (AvgIpc) is 2.87. The summed E-state index contributed by atoms with van der Waals surface area (Å²) in [6.45, 7) is 9.58. The van der Waals surface area contributed by atoms with Crippen molar-refractivity contribution in [3.8, 4) is 0 Å². The van der Waals surface area contributed by atoms with Crippen LogP contribution in [0.1, 0.15) is 32.6 Å².